The Labute approximate surface area is 92.4 Å². The van der Waals surface area contributed by atoms with Gasteiger partial charge < -0.3 is 4.74 Å². The van der Waals surface area contributed by atoms with Crippen molar-refractivity contribution < 1.29 is 24.5 Å². The molecule has 1 nitrogen and oxygen atoms in total. The van der Waals surface area contributed by atoms with Gasteiger partial charge in [-0.25, -0.2) is 0 Å². The Kier molecular flexibility index (Phi) is 16.2. The second kappa shape index (κ2) is 10.2. The first-order valence-corrected chi connectivity index (χ1v) is 2.52. The number of hydrogen-bond acceptors (Lipinski definition) is 1. The van der Waals surface area contributed by atoms with Gasteiger partial charge in [-0.3, -0.25) is 0 Å². The number of methoxy groups -OCH3 is 1. The van der Waals surface area contributed by atoms with Gasteiger partial charge in [-0.1, -0.05) is 18.2 Å². The van der Waals surface area contributed by atoms with Crippen molar-refractivity contribution in [1.82, 2.24) is 0 Å². The molecule has 1 aromatic rings. The van der Waals surface area contributed by atoms with Crippen molar-refractivity contribution >= 4 is 24.8 Å². The van der Waals surface area contributed by atoms with Crippen LogP contribution in [-0.4, -0.2) is 7.11 Å². The second-order valence-electron chi connectivity index (χ2n) is 1.52. The summed E-state index contributed by atoms with van der Waals surface area (Å²) in [4.78, 5) is 0. The van der Waals surface area contributed by atoms with Crippen molar-refractivity contribution in [2.24, 2.45) is 0 Å². The monoisotopic (exact) mass is 372 g/mol. The van der Waals surface area contributed by atoms with Crippen LogP contribution >= 0.6 is 24.8 Å². The largest absolute Gasteiger partial charge is 0.497 e. The van der Waals surface area contributed by atoms with E-state index >= 15 is 0 Å². The van der Waals surface area contributed by atoms with Crippen molar-refractivity contribution in [2.45, 2.75) is 0 Å². The van der Waals surface area contributed by atoms with E-state index in [-0.39, 0.29) is 44.6 Å². The SMILES string of the molecule is COc1ccccc1.Cl.Cl.[Os]. The smallest absolute Gasteiger partial charge is 0.118 e. The molecular weight excluding hydrogens is 361 g/mol. The van der Waals surface area contributed by atoms with E-state index in [2.05, 4.69) is 0 Å². The molecule has 4 heteroatoms. The van der Waals surface area contributed by atoms with E-state index in [9.17, 15) is 0 Å². The van der Waals surface area contributed by atoms with Crippen LogP contribution in [-0.2, 0) is 19.8 Å². The van der Waals surface area contributed by atoms with Crippen LogP contribution in [0.5, 0.6) is 5.75 Å². The zero-order chi connectivity index (χ0) is 5.82. The summed E-state index contributed by atoms with van der Waals surface area (Å²) in [6.45, 7) is 0. The predicted octanol–water partition coefficient (Wildman–Crippen LogP) is 2.54. The van der Waals surface area contributed by atoms with Crippen LogP contribution in [0.15, 0.2) is 30.3 Å². The molecule has 66 valence electrons. The maximum Gasteiger partial charge on any atom is 0.118 e. The van der Waals surface area contributed by atoms with Crippen molar-refractivity contribution in [3.63, 3.8) is 0 Å². The first-order chi connectivity index (χ1) is 3.93. The number of hydrogen-bond donors (Lipinski definition) is 0. The van der Waals surface area contributed by atoms with E-state index in [0.29, 0.717) is 0 Å². The number of rotatable bonds is 1. The minimum Gasteiger partial charge on any atom is -0.497 e. The molecule has 0 aliphatic rings. The maximum absolute atomic E-state index is 4.91. The van der Waals surface area contributed by atoms with Gasteiger partial charge in [0.2, 0.25) is 0 Å². The quantitative estimate of drug-likeness (QED) is 0.737. The van der Waals surface area contributed by atoms with Gasteiger partial charge in [0, 0.05) is 19.8 Å². The Morgan fingerprint density at radius 3 is 1.73 bits per heavy atom. The first kappa shape index (κ1) is 17.4. The first-order valence-electron chi connectivity index (χ1n) is 2.52. The molecule has 0 bridgehead atoms. The van der Waals surface area contributed by atoms with Gasteiger partial charge in [0.1, 0.15) is 5.75 Å². The molecule has 0 unspecified atom stereocenters. The molecule has 0 N–H and O–H groups in total. The third-order valence-electron chi connectivity index (χ3n) is 0.979. The summed E-state index contributed by atoms with van der Waals surface area (Å²) < 4.78 is 4.91. The van der Waals surface area contributed by atoms with E-state index in [1.54, 1.807) is 7.11 Å². The van der Waals surface area contributed by atoms with E-state index < -0.39 is 0 Å². The molecule has 0 fully saturated rings. The Morgan fingerprint density at radius 1 is 1.00 bits per heavy atom. The number of halogens is 2. The topological polar surface area (TPSA) is 9.23 Å². The standard InChI is InChI=1S/C7H8O.2ClH.Os/c1-8-7-5-3-2-4-6-7;;;/h2-6H,1H3;2*1H;. The van der Waals surface area contributed by atoms with Gasteiger partial charge in [-0.2, -0.15) is 0 Å². The van der Waals surface area contributed by atoms with Crippen LogP contribution in [0.4, 0.5) is 0 Å². The maximum atomic E-state index is 4.91. The summed E-state index contributed by atoms with van der Waals surface area (Å²) in [6.07, 6.45) is 0. The van der Waals surface area contributed by atoms with Crippen molar-refractivity contribution in [3.8, 4) is 5.75 Å². The average molecular weight is 371 g/mol. The van der Waals surface area contributed by atoms with Crippen LogP contribution in [0.2, 0.25) is 0 Å². The van der Waals surface area contributed by atoms with Gasteiger partial charge in [-0.05, 0) is 12.1 Å². The van der Waals surface area contributed by atoms with Crippen LogP contribution in [0.3, 0.4) is 0 Å². The fourth-order valence-corrected chi connectivity index (χ4v) is 0.557. The molecule has 0 heterocycles. The molecule has 0 spiro atoms. The fourth-order valence-electron chi connectivity index (χ4n) is 0.557. The molecule has 1 rings (SSSR count). The summed E-state index contributed by atoms with van der Waals surface area (Å²) >= 11 is 0. The van der Waals surface area contributed by atoms with Crippen LogP contribution in [0.1, 0.15) is 0 Å². The molecule has 0 aliphatic heterocycles. The molecule has 11 heavy (non-hydrogen) atoms. The Balaban J connectivity index is -0.000000213. The van der Waals surface area contributed by atoms with Crippen molar-refractivity contribution in [3.05, 3.63) is 30.3 Å². The molecule has 0 saturated carbocycles. The van der Waals surface area contributed by atoms with E-state index in [1.165, 1.54) is 0 Å². The fraction of sp³-hybridized carbons (Fsp3) is 0.143. The molecule has 0 amide bonds. The zero-order valence-corrected chi connectivity index (χ0v) is 10.1. The van der Waals surface area contributed by atoms with Crippen LogP contribution in [0, 0.1) is 0 Å². The van der Waals surface area contributed by atoms with Gasteiger partial charge in [-0.15, -0.1) is 24.8 Å². The van der Waals surface area contributed by atoms with Crippen molar-refractivity contribution in [2.75, 3.05) is 7.11 Å². The normalized spacial score (nSPS) is 6.27. The Bertz CT molecular complexity index is 158. The van der Waals surface area contributed by atoms with Gasteiger partial charge in [0.15, 0.2) is 0 Å². The zero-order valence-electron chi connectivity index (χ0n) is 5.97. The van der Waals surface area contributed by atoms with Crippen LogP contribution < -0.4 is 4.74 Å². The van der Waals surface area contributed by atoms with E-state index in [4.69, 9.17) is 4.74 Å². The number of para-hydroxylation sites is 1. The molecule has 0 aliphatic carbocycles. The predicted molar refractivity (Wildman–Crippen MR) is 47.5 cm³/mol. The molecule has 0 saturated heterocycles. The molecule has 0 aromatic heterocycles. The Hall–Kier alpha value is 0.236. The second-order valence-corrected chi connectivity index (χ2v) is 1.52. The van der Waals surface area contributed by atoms with E-state index in [0.717, 1.165) is 5.75 Å². The average Bonchev–Trinajstić information content (AvgIpc) is 1.90. The minimum absolute atomic E-state index is 0. The third kappa shape index (κ3) is 6.63. The minimum atomic E-state index is 0. The summed E-state index contributed by atoms with van der Waals surface area (Å²) in [5, 5.41) is 0. The molecule has 1 aromatic carbocycles. The molecule has 0 radical (unpaired) electrons. The summed E-state index contributed by atoms with van der Waals surface area (Å²) in [6, 6.07) is 9.68. The summed E-state index contributed by atoms with van der Waals surface area (Å²) in [7, 11) is 1.66. The third-order valence-corrected chi connectivity index (χ3v) is 0.979. The number of benzene rings is 1. The van der Waals surface area contributed by atoms with Gasteiger partial charge >= 0.3 is 0 Å². The van der Waals surface area contributed by atoms with Gasteiger partial charge in [0.25, 0.3) is 0 Å². The summed E-state index contributed by atoms with van der Waals surface area (Å²) in [5.74, 6) is 0.910. The number of ether oxygens (including phenoxy) is 1. The molecular formula is C7H10Cl2OOs. The Morgan fingerprint density at radius 2 is 1.45 bits per heavy atom. The summed E-state index contributed by atoms with van der Waals surface area (Å²) in [5.41, 5.74) is 0. The van der Waals surface area contributed by atoms with Gasteiger partial charge in [0.05, 0.1) is 7.11 Å². The van der Waals surface area contributed by atoms with Crippen LogP contribution in [0.25, 0.3) is 0 Å². The van der Waals surface area contributed by atoms with Crippen molar-refractivity contribution in [1.29, 1.82) is 0 Å². The molecule has 0 atom stereocenters. The van der Waals surface area contributed by atoms with E-state index in [1.807, 2.05) is 30.3 Å².